The van der Waals surface area contributed by atoms with Crippen LogP contribution in [0, 0.1) is 5.92 Å². The zero-order valence-corrected chi connectivity index (χ0v) is 14.6. The monoisotopic (exact) mass is 330 g/mol. The van der Waals surface area contributed by atoms with Crippen molar-refractivity contribution in [2.75, 3.05) is 19.6 Å². The molecule has 1 saturated heterocycles. The first kappa shape index (κ1) is 16.1. The van der Waals surface area contributed by atoms with Gasteiger partial charge < -0.3 is 10.2 Å². The molecule has 132 valence electrons. The van der Waals surface area contributed by atoms with Crippen LogP contribution < -0.4 is 5.32 Å². The highest BCUT2D eigenvalue weighted by Crippen LogP contribution is 2.33. The van der Waals surface area contributed by atoms with E-state index in [0.29, 0.717) is 17.8 Å². The molecule has 0 radical (unpaired) electrons. The number of nitrogens with one attached hydrogen (secondary N) is 1. The van der Waals surface area contributed by atoms with Gasteiger partial charge in [-0.2, -0.15) is 5.10 Å². The van der Waals surface area contributed by atoms with Gasteiger partial charge in [-0.15, -0.1) is 0 Å². The Morgan fingerprint density at radius 2 is 2.00 bits per heavy atom. The van der Waals surface area contributed by atoms with Crippen molar-refractivity contribution in [2.24, 2.45) is 5.92 Å². The van der Waals surface area contributed by atoms with Crippen LogP contribution in [0.1, 0.15) is 74.3 Å². The van der Waals surface area contributed by atoms with E-state index < -0.39 is 0 Å². The Morgan fingerprint density at radius 3 is 2.71 bits per heavy atom. The van der Waals surface area contributed by atoms with E-state index in [1.807, 2.05) is 16.9 Å². The predicted octanol–water partition coefficient (Wildman–Crippen LogP) is 2.99. The van der Waals surface area contributed by atoms with Crippen LogP contribution >= 0.6 is 0 Å². The summed E-state index contributed by atoms with van der Waals surface area (Å²) in [5.74, 6) is 0.900. The molecule has 4 rings (SSSR count). The molecule has 0 aromatic carbocycles. The zero-order valence-electron chi connectivity index (χ0n) is 14.6. The van der Waals surface area contributed by atoms with Gasteiger partial charge in [0.2, 0.25) is 0 Å². The van der Waals surface area contributed by atoms with Crippen LogP contribution in [0.2, 0.25) is 0 Å². The van der Waals surface area contributed by atoms with Crippen LogP contribution in [0.4, 0.5) is 0 Å². The van der Waals surface area contributed by atoms with E-state index in [1.165, 1.54) is 51.4 Å². The Hall–Kier alpha value is -1.36. The van der Waals surface area contributed by atoms with E-state index in [-0.39, 0.29) is 5.91 Å². The van der Waals surface area contributed by atoms with Crippen LogP contribution in [-0.4, -0.2) is 46.3 Å². The summed E-state index contributed by atoms with van der Waals surface area (Å²) in [4.78, 5) is 15.3. The van der Waals surface area contributed by atoms with Gasteiger partial charge >= 0.3 is 0 Å². The Kier molecular flexibility index (Phi) is 4.88. The molecule has 1 aromatic rings. The summed E-state index contributed by atoms with van der Waals surface area (Å²) in [7, 11) is 0. The summed E-state index contributed by atoms with van der Waals surface area (Å²) < 4.78 is 2.01. The van der Waals surface area contributed by atoms with Crippen LogP contribution in [-0.2, 0) is 0 Å². The quantitative estimate of drug-likeness (QED) is 0.903. The molecule has 3 aliphatic rings. The highest BCUT2D eigenvalue weighted by Gasteiger charge is 2.33. The van der Waals surface area contributed by atoms with Crippen molar-refractivity contribution >= 4 is 5.91 Å². The maximum Gasteiger partial charge on any atom is 0.274 e. The van der Waals surface area contributed by atoms with Gasteiger partial charge in [0.15, 0.2) is 0 Å². The van der Waals surface area contributed by atoms with E-state index in [4.69, 9.17) is 0 Å². The lowest BCUT2D eigenvalue weighted by atomic mass is 9.93. The lowest BCUT2D eigenvalue weighted by Crippen LogP contribution is -2.43. The molecule has 3 fully saturated rings. The molecule has 1 N–H and O–H groups in total. The largest absolute Gasteiger partial charge is 0.334 e. The fraction of sp³-hybridized carbons (Fsp3) is 0.789. The Labute approximate surface area is 144 Å². The van der Waals surface area contributed by atoms with Crippen LogP contribution in [0.25, 0.3) is 0 Å². The summed E-state index contributed by atoms with van der Waals surface area (Å²) in [6.45, 7) is 3.01. The van der Waals surface area contributed by atoms with Crippen molar-refractivity contribution in [2.45, 2.75) is 69.9 Å². The number of piperidine rings is 1. The average molecular weight is 330 g/mol. The van der Waals surface area contributed by atoms with Gasteiger partial charge in [-0.05, 0) is 57.1 Å². The maximum absolute atomic E-state index is 13.1. The Bertz CT molecular complexity index is 553. The van der Waals surface area contributed by atoms with Gasteiger partial charge in [-0.3, -0.25) is 9.48 Å². The fourth-order valence-electron chi connectivity index (χ4n) is 4.23. The number of hydrogen-bond donors (Lipinski definition) is 1. The molecular formula is C19H30N4O. The third-order valence-electron chi connectivity index (χ3n) is 5.90. The summed E-state index contributed by atoms with van der Waals surface area (Å²) in [5.41, 5.74) is 0.645. The zero-order chi connectivity index (χ0) is 16.4. The number of amides is 1. The number of carbonyl (C=O) groups is 1. The summed E-state index contributed by atoms with van der Waals surface area (Å²) in [6.07, 6.45) is 13.1. The van der Waals surface area contributed by atoms with Gasteiger partial charge in [0.1, 0.15) is 5.69 Å². The minimum atomic E-state index is 0.163. The maximum atomic E-state index is 13.1. The predicted molar refractivity (Wildman–Crippen MR) is 94.0 cm³/mol. The van der Waals surface area contributed by atoms with Crippen LogP contribution in [0.15, 0.2) is 12.3 Å². The molecule has 1 amide bonds. The summed E-state index contributed by atoms with van der Waals surface area (Å²) >= 11 is 0. The third kappa shape index (κ3) is 3.66. The highest BCUT2D eigenvalue weighted by molar-refractivity contribution is 5.92. The topological polar surface area (TPSA) is 50.2 Å². The van der Waals surface area contributed by atoms with E-state index >= 15 is 0 Å². The second kappa shape index (κ2) is 7.26. The number of rotatable bonds is 5. The van der Waals surface area contributed by atoms with Crippen molar-refractivity contribution in [3.63, 3.8) is 0 Å². The van der Waals surface area contributed by atoms with E-state index in [9.17, 15) is 4.79 Å². The molecule has 2 aliphatic carbocycles. The molecule has 24 heavy (non-hydrogen) atoms. The van der Waals surface area contributed by atoms with E-state index in [1.54, 1.807) is 0 Å². The molecule has 2 heterocycles. The molecule has 2 saturated carbocycles. The highest BCUT2D eigenvalue weighted by atomic mass is 16.2. The normalized spacial score (nSPS) is 25.6. The standard InChI is InChI=1S/C19H30N4O/c24-19(18-10-12-23(21-18)17-7-4-11-20-13-17)22(14-15-8-9-15)16-5-2-1-3-6-16/h10,12,15-17,20H,1-9,11,13-14H2. The Morgan fingerprint density at radius 1 is 1.17 bits per heavy atom. The smallest absolute Gasteiger partial charge is 0.274 e. The Balaban J connectivity index is 1.47. The van der Waals surface area contributed by atoms with Gasteiger partial charge in [0, 0.05) is 25.3 Å². The third-order valence-corrected chi connectivity index (χ3v) is 5.90. The first-order valence-electron chi connectivity index (χ1n) is 9.88. The number of nitrogens with zero attached hydrogens (tertiary/aromatic N) is 3. The molecule has 5 nitrogen and oxygen atoms in total. The second-order valence-electron chi connectivity index (χ2n) is 7.87. The van der Waals surface area contributed by atoms with E-state index in [2.05, 4.69) is 15.3 Å². The van der Waals surface area contributed by atoms with Crippen molar-refractivity contribution in [3.8, 4) is 0 Å². The first-order chi connectivity index (χ1) is 11.8. The van der Waals surface area contributed by atoms with E-state index in [0.717, 1.165) is 32.0 Å². The molecule has 0 spiro atoms. The van der Waals surface area contributed by atoms with Crippen molar-refractivity contribution in [1.82, 2.24) is 20.0 Å². The lowest BCUT2D eigenvalue weighted by molar-refractivity contribution is 0.0614. The van der Waals surface area contributed by atoms with Gasteiger partial charge in [-0.1, -0.05) is 19.3 Å². The second-order valence-corrected chi connectivity index (χ2v) is 7.87. The van der Waals surface area contributed by atoms with Gasteiger partial charge in [-0.25, -0.2) is 0 Å². The number of aromatic nitrogens is 2. The lowest BCUT2D eigenvalue weighted by Gasteiger charge is -2.34. The molecule has 0 bridgehead atoms. The van der Waals surface area contributed by atoms with Crippen LogP contribution in [0.3, 0.4) is 0 Å². The minimum Gasteiger partial charge on any atom is -0.334 e. The molecule has 1 unspecified atom stereocenters. The van der Waals surface area contributed by atoms with Gasteiger partial charge in [0.05, 0.1) is 6.04 Å². The summed E-state index contributed by atoms with van der Waals surface area (Å²) in [6, 6.07) is 2.76. The average Bonchev–Trinajstić information content (AvgIpc) is 3.33. The minimum absolute atomic E-state index is 0.163. The van der Waals surface area contributed by atoms with Gasteiger partial charge in [0.25, 0.3) is 5.91 Å². The van der Waals surface area contributed by atoms with Crippen molar-refractivity contribution in [3.05, 3.63) is 18.0 Å². The van der Waals surface area contributed by atoms with Crippen molar-refractivity contribution in [1.29, 1.82) is 0 Å². The molecule has 1 atom stereocenters. The molecule has 1 aliphatic heterocycles. The SMILES string of the molecule is O=C(c1ccn(C2CCCNC2)n1)N(CC1CC1)C1CCCCC1. The van der Waals surface area contributed by atoms with Crippen molar-refractivity contribution < 1.29 is 4.79 Å². The number of carbonyl (C=O) groups excluding carboxylic acids is 1. The summed E-state index contributed by atoms with van der Waals surface area (Å²) in [5, 5.41) is 8.09. The van der Waals surface area contributed by atoms with Crippen LogP contribution in [0.5, 0.6) is 0 Å². The first-order valence-corrected chi connectivity index (χ1v) is 9.88. The molecular weight excluding hydrogens is 300 g/mol. The molecule has 1 aromatic heterocycles. The number of hydrogen-bond acceptors (Lipinski definition) is 3. The molecule has 5 heteroatoms. The fourth-order valence-corrected chi connectivity index (χ4v) is 4.23.